The van der Waals surface area contributed by atoms with Crippen LogP contribution in [0.2, 0.25) is 0 Å². The van der Waals surface area contributed by atoms with Gasteiger partial charge in [0, 0.05) is 22.0 Å². The zero-order chi connectivity index (χ0) is 18.9. The van der Waals surface area contributed by atoms with Crippen LogP contribution in [0.25, 0.3) is 11.0 Å². The van der Waals surface area contributed by atoms with Gasteiger partial charge in [0.05, 0.1) is 4.90 Å². The average molecular weight is 438 g/mol. The molecule has 26 heavy (non-hydrogen) atoms. The number of rotatable bonds is 6. The largest absolute Gasteiger partial charge is 0.475 e. The first-order valence-electron chi connectivity index (χ1n) is 7.79. The Morgan fingerprint density at radius 1 is 1.23 bits per heavy atom. The zero-order valence-corrected chi connectivity index (χ0v) is 16.2. The lowest BCUT2D eigenvalue weighted by Crippen LogP contribution is -2.26. The molecule has 0 aliphatic rings. The highest BCUT2D eigenvalue weighted by Crippen LogP contribution is 2.27. The topological polar surface area (TPSA) is 96.6 Å². The Morgan fingerprint density at radius 2 is 1.96 bits per heavy atom. The Morgan fingerprint density at radius 3 is 2.65 bits per heavy atom. The molecular weight excluding hydrogens is 422 g/mol. The molecule has 0 fully saturated rings. The Hall–Kier alpha value is -2.16. The molecule has 8 heteroatoms. The highest BCUT2D eigenvalue weighted by molar-refractivity contribution is 9.10. The molecule has 1 heterocycles. The number of sulfonamides is 1. The van der Waals surface area contributed by atoms with Gasteiger partial charge >= 0.3 is 5.97 Å². The molecule has 0 saturated heterocycles. The van der Waals surface area contributed by atoms with Crippen molar-refractivity contribution >= 4 is 42.9 Å². The molecule has 0 atom stereocenters. The molecule has 0 bridgehead atoms. The number of nitrogens with one attached hydrogen (secondary N) is 1. The molecule has 136 valence electrons. The molecule has 0 amide bonds. The van der Waals surface area contributed by atoms with Crippen molar-refractivity contribution < 1.29 is 22.7 Å². The van der Waals surface area contributed by atoms with Gasteiger partial charge in [-0.15, -0.1) is 0 Å². The smallest absolute Gasteiger partial charge is 0.372 e. The minimum absolute atomic E-state index is 0.0676. The predicted molar refractivity (Wildman–Crippen MR) is 101 cm³/mol. The van der Waals surface area contributed by atoms with E-state index in [1.807, 2.05) is 24.3 Å². The van der Waals surface area contributed by atoms with Crippen molar-refractivity contribution in [2.24, 2.45) is 0 Å². The minimum atomic E-state index is -3.72. The number of aromatic carboxylic acids is 1. The summed E-state index contributed by atoms with van der Waals surface area (Å²) >= 11 is 3.44. The third-order valence-electron chi connectivity index (χ3n) is 4.06. The van der Waals surface area contributed by atoms with E-state index < -0.39 is 16.0 Å². The van der Waals surface area contributed by atoms with E-state index in [0.717, 1.165) is 10.0 Å². The highest BCUT2D eigenvalue weighted by Gasteiger charge is 2.20. The molecule has 0 aliphatic heterocycles. The van der Waals surface area contributed by atoms with Crippen molar-refractivity contribution in [3.05, 3.63) is 63.8 Å². The lowest BCUT2D eigenvalue weighted by Gasteiger charge is -2.08. The van der Waals surface area contributed by atoms with Crippen LogP contribution in [0.3, 0.4) is 0 Å². The van der Waals surface area contributed by atoms with Crippen LogP contribution in [0, 0.1) is 6.92 Å². The van der Waals surface area contributed by atoms with Crippen molar-refractivity contribution in [3.63, 3.8) is 0 Å². The maximum Gasteiger partial charge on any atom is 0.372 e. The van der Waals surface area contributed by atoms with E-state index in [1.54, 1.807) is 6.92 Å². The fraction of sp³-hybridized carbons (Fsp3) is 0.167. The summed E-state index contributed by atoms with van der Waals surface area (Å²) in [6.07, 6.45) is 0.538. The molecule has 0 aliphatic carbocycles. The van der Waals surface area contributed by atoms with E-state index in [1.165, 1.54) is 18.2 Å². The van der Waals surface area contributed by atoms with E-state index >= 15 is 0 Å². The molecular formula is C18H16BrNO5S. The molecule has 0 unspecified atom stereocenters. The highest BCUT2D eigenvalue weighted by atomic mass is 79.9. The molecule has 0 saturated carbocycles. The van der Waals surface area contributed by atoms with Gasteiger partial charge in [0.2, 0.25) is 15.8 Å². The number of hydrogen-bond donors (Lipinski definition) is 2. The fourth-order valence-electron chi connectivity index (χ4n) is 2.68. The van der Waals surface area contributed by atoms with Crippen molar-refractivity contribution in [3.8, 4) is 0 Å². The normalized spacial score (nSPS) is 11.8. The number of fused-ring (bicyclic) bond motifs is 1. The van der Waals surface area contributed by atoms with Gasteiger partial charge in [-0.25, -0.2) is 17.9 Å². The van der Waals surface area contributed by atoms with E-state index in [4.69, 9.17) is 9.52 Å². The lowest BCUT2D eigenvalue weighted by molar-refractivity contribution is 0.0664. The maximum atomic E-state index is 12.5. The maximum absolute atomic E-state index is 12.5. The molecule has 6 nitrogen and oxygen atoms in total. The Kier molecular flexibility index (Phi) is 5.17. The molecule has 3 aromatic rings. The van der Waals surface area contributed by atoms with Crippen LogP contribution in [0.1, 0.15) is 21.7 Å². The first-order chi connectivity index (χ1) is 12.3. The summed E-state index contributed by atoms with van der Waals surface area (Å²) in [5.74, 6) is -1.37. The molecule has 2 aromatic carbocycles. The van der Waals surface area contributed by atoms with E-state index in [-0.39, 0.29) is 17.2 Å². The molecule has 3 rings (SSSR count). The van der Waals surface area contributed by atoms with Gasteiger partial charge < -0.3 is 9.52 Å². The van der Waals surface area contributed by atoms with Crippen LogP contribution in [0.15, 0.2) is 56.2 Å². The fourth-order valence-corrected chi connectivity index (χ4v) is 4.22. The third-order valence-corrected chi connectivity index (χ3v) is 6.29. The van der Waals surface area contributed by atoms with E-state index in [2.05, 4.69) is 20.7 Å². The summed E-state index contributed by atoms with van der Waals surface area (Å²) in [4.78, 5) is 11.2. The van der Waals surface area contributed by atoms with Crippen molar-refractivity contribution in [1.82, 2.24) is 4.72 Å². The zero-order valence-electron chi connectivity index (χ0n) is 13.8. The SMILES string of the molecule is Cc1c(C(=O)O)oc2ccc(S(=O)(=O)NCCc3ccccc3Br)cc12. The first-order valence-corrected chi connectivity index (χ1v) is 10.1. The summed E-state index contributed by atoms with van der Waals surface area (Å²) in [6.45, 7) is 1.83. The second kappa shape index (κ2) is 7.22. The van der Waals surface area contributed by atoms with Crippen molar-refractivity contribution in [2.75, 3.05) is 6.54 Å². The number of benzene rings is 2. The summed E-state index contributed by atoms with van der Waals surface area (Å²) in [6, 6.07) is 11.9. The monoisotopic (exact) mass is 437 g/mol. The Balaban J connectivity index is 1.81. The van der Waals surface area contributed by atoms with Crippen molar-refractivity contribution in [1.29, 1.82) is 0 Å². The Bertz CT molecular complexity index is 1090. The van der Waals surface area contributed by atoms with Gasteiger partial charge in [-0.05, 0) is 43.2 Å². The van der Waals surface area contributed by atoms with E-state index in [0.29, 0.717) is 23.0 Å². The lowest BCUT2D eigenvalue weighted by atomic mass is 10.1. The van der Waals surface area contributed by atoms with Crippen LogP contribution in [0.5, 0.6) is 0 Å². The number of carboxylic acids is 1. The number of carboxylic acid groups (broad SMARTS) is 1. The molecule has 1 aromatic heterocycles. The quantitative estimate of drug-likeness (QED) is 0.612. The number of carbonyl (C=O) groups is 1. The predicted octanol–water partition coefficient (Wildman–Crippen LogP) is 3.72. The van der Waals surface area contributed by atoms with Gasteiger partial charge in [-0.3, -0.25) is 0 Å². The number of furan rings is 1. The minimum Gasteiger partial charge on any atom is -0.475 e. The van der Waals surface area contributed by atoms with Crippen LogP contribution < -0.4 is 4.72 Å². The van der Waals surface area contributed by atoms with Gasteiger partial charge in [-0.2, -0.15) is 0 Å². The molecule has 2 N–H and O–H groups in total. The third kappa shape index (κ3) is 3.67. The summed E-state index contributed by atoms with van der Waals surface area (Å²) in [5, 5.41) is 9.58. The van der Waals surface area contributed by atoms with E-state index in [9.17, 15) is 13.2 Å². The van der Waals surface area contributed by atoms with Gasteiger partial charge in [0.1, 0.15) is 5.58 Å². The van der Waals surface area contributed by atoms with Crippen LogP contribution in [0.4, 0.5) is 0 Å². The van der Waals surface area contributed by atoms with Gasteiger partial charge in [0.15, 0.2) is 0 Å². The van der Waals surface area contributed by atoms with Gasteiger partial charge in [0.25, 0.3) is 0 Å². The van der Waals surface area contributed by atoms with Gasteiger partial charge in [-0.1, -0.05) is 34.1 Å². The van der Waals surface area contributed by atoms with Crippen LogP contribution in [-0.2, 0) is 16.4 Å². The van der Waals surface area contributed by atoms with Crippen LogP contribution in [-0.4, -0.2) is 26.0 Å². The standard InChI is InChI=1S/C18H16BrNO5S/c1-11-14-10-13(6-7-16(14)25-17(11)18(21)22)26(23,24)20-9-8-12-4-2-3-5-15(12)19/h2-7,10,20H,8-9H2,1H3,(H,21,22). The summed E-state index contributed by atoms with van der Waals surface area (Å²) < 4.78 is 33.8. The average Bonchev–Trinajstić information content (AvgIpc) is 2.93. The molecule has 0 spiro atoms. The van der Waals surface area contributed by atoms with Crippen molar-refractivity contribution in [2.45, 2.75) is 18.2 Å². The van der Waals surface area contributed by atoms with Crippen LogP contribution >= 0.6 is 15.9 Å². The molecule has 0 radical (unpaired) electrons. The number of aryl methyl sites for hydroxylation is 1. The first kappa shape index (κ1) is 18.6. The number of hydrogen-bond acceptors (Lipinski definition) is 4. The second-order valence-corrected chi connectivity index (χ2v) is 8.38. The number of halogens is 1. The summed E-state index contributed by atoms with van der Waals surface area (Å²) in [5.41, 5.74) is 1.74. The second-order valence-electron chi connectivity index (χ2n) is 5.76. The Labute approximate surface area is 159 Å². The summed E-state index contributed by atoms with van der Waals surface area (Å²) in [7, 11) is -3.72.